The van der Waals surface area contributed by atoms with Crippen molar-refractivity contribution in [1.82, 2.24) is 0 Å². The summed E-state index contributed by atoms with van der Waals surface area (Å²) in [4.78, 5) is 12.8. The van der Waals surface area contributed by atoms with E-state index in [1.165, 1.54) is 12.1 Å². The molecule has 0 radical (unpaired) electrons. The standard InChI is InChI=1S/C20H17NO4S/c1-26(23,24)17-11-7-8-15(14-17)21-20(22)18-12-5-6-13-19(18)25-16-9-3-2-4-10-16/h2-14H,1H3,(H,21,22). The van der Waals surface area contributed by atoms with E-state index < -0.39 is 9.84 Å². The number of para-hydroxylation sites is 2. The molecule has 3 aromatic carbocycles. The Kier molecular flexibility index (Phi) is 5.04. The fourth-order valence-corrected chi connectivity index (χ4v) is 3.03. The van der Waals surface area contributed by atoms with Crippen molar-refractivity contribution in [1.29, 1.82) is 0 Å². The molecule has 0 bridgehead atoms. The molecule has 0 atom stereocenters. The van der Waals surface area contributed by atoms with Crippen LogP contribution in [0, 0.1) is 0 Å². The summed E-state index contributed by atoms with van der Waals surface area (Å²) in [7, 11) is -3.35. The van der Waals surface area contributed by atoms with Gasteiger partial charge in [-0.05, 0) is 42.5 Å². The fraction of sp³-hybridized carbons (Fsp3) is 0.0500. The Balaban J connectivity index is 1.85. The molecule has 1 N–H and O–H groups in total. The maximum Gasteiger partial charge on any atom is 0.259 e. The van der Waals surface area contributed by atoms with Crippen molar-refractivity contribution in [2.24, 2.45) is 0 Å². The van der Waals surface area contributed by atoms with Crippen molar-refractivity contribution in [3.8, 4) is 11.5 Å². The predicted molar refractivity (Wildman–Crippen MR) is 100 cm³/mol. The lowest BCUT2D eigenvalue weighted by molar-refractivity contribution is 0.102. The lowest BCUT2D eigenvalue weighted by atomic mass is 10.2. The van der Waals surface area contributed by atoms with E-state index in [0.717, 1.165) is 6.26 Å². The molecule has 26 heavy (non-hydrogen) atoms. The maximum absolute atomic E-state index is 12.6. The van der Waals surface area contributed by atoms with Crippen LogP contribution in [-0.4, -0.2) is 20.6 Å². The summed E-state index contributed by atoms with van der Waals surface area (Å²) in [5.41, 5.74) is 0.744. The summed E-state index contributed by atoms with van der Waals surface area (Å²) < 4.78 is 29.1. The van der Waals surface area contributed by atoms with E-state index in [1.54, 1.807) is 48.5 Å². The van der Waals surface area contributed by atoms with Gasteiger partial charge in [0.1, 0.15) is 11.5 Å². The molecule has 3 rings (SSSR count). The van der Waals surface area contributed by atoms with Crippen molar-refractivity contribution in [2.75, 3.05) is 11.6 Å². The van der Waals surface area contributed by atoms with Crippen LogP contribution in [0.4, 0.5) is 5.69 Å². The van der Waals surface area contributed by atoms with Gasteiger partial charge in [0.15, 0.2) is 9.84 Å². The summed E-state index contributed by atoms with van der Waals surface area (Å²) in [6.45, 7) is 0. The number of ether oxygens (including phenoxy) is 1. The van der Waals surface area contributed by atoms with Crippen LogP contribution in [0.2, 0.25) is 0 Å². The number of carbonyl (C=O) groups is 1. The zero-order valence-corrected chi connectivity index (χ0v) is 14.9. The molecule has 1 amide bonds. The van der Waals surface area contributed by atoms with Gasteiger partial charge in [-0.15, -0.1) is 0 Å². The molecule has 0 aliphatic rings. The first-order valence-corrected chi connectivity index (χ1v) is 9.76. The molecule has 0 saturated heterocycles. The molecular weight excluding hydrogens is 350 g/mol. The van der Waals surface area contributed by atoms with Crippen LogP contribution in [0.3, 0.4) is 0 Å². The minimum Gasteiger partial charge on any atom is -0.457 e. The average Bonchev–Trinajstić information content (AvgIpc) is 2.62. The molecule has 3 aromatic rings. The van der Waals surface area contributed by atoms with Crippen LogP contribution in [0.5, 0.6) is 11.5 Å². The molecule has 0 aliphatic heterocycles. The Labute approximate surface area is 152 Å². The SMILES string of the molecule is CS(=O)(=O)c1cccc(NC(=O)c2ccccc2Oc2ccccc2)c1. The van der Waals surface area contributed by atoms with Crippen molar-refractivity contribution >= 4 is 21.4 Å². The van der Waals surface area contributed by atoms with Gasteiger partial charge in [0.2, 0.25) is 0 Å². The van der Waals surface area contributed by atoms with Gasteiger partial charge in [0.05, 0.1) is 10.5 Å². The second kappa shape index (κ2) is 7.41. The highest BCUT2D eigenvalue weighted by Crippen LogP contribution is 2.26. The number of amides is 1. The number of hydrogen-bond donors (Lipinski definition) is 1. The normalized spacial score (nSPS) is 11.0. The van der Waals surface area contributed by atoms with Gasteiger partial charge in [-0.3, -0.25) is 4.79 Å². The molecule has 0 unspecified atom stereocenters. The molecule has 6 heteroatoms. The number of anilines is 1. The van der Waals surface area contributed by atoms with Gasteiger partial charge in [-0.1, -0.05) is 36.4 Å². The number of sulfone groups is 1. The quantitative estimate of drug-likeness (QED) is 0.736. The average molecular weight is 367 g/mol. The van der Waals surface area contributed by atoms with E-state index in [9.17, 15) is 13.2 Å². The third kappa shape index (κ3) is 4.29. The summed E-state index contributed by atoms with van der Waals surface area (Å²) in [5.74, 6) is 0.643. The Morgan fingerprint density at radius 1 is 0.885 bits per heavy atom. The Morgan fingerprint density at radius 3 is 2.31 bits per heavy atom. The van der Waals surface area contributed by atoms with Gasteiger partial charge in [0.25, 0.3) is 5.91 Å². The molecule has 0 heterocycles. The van der Waals surface area contributed by atoms with Gasteiger partial charge >= 0.3 is 0 Å². The summed E-state index contributed by atoms with van der Waals surface area (Å²) in [5, 5.41) is 2.71. The van der Waals surface area contributed by atoms with Gasteiger partial charge in [0, 0.05) is 11.9 Å². The molecule has 0 aromatic heterocycles. The van der Waals surface area contributed by atoms with Crippen molar-refractivity contribution in [2.45, 2.75) is 4.90 Å². The highest BCUT2D eigenvalue weighted by atomic mass is 32.2. The molecule has 0 fully saturated rings. The zero-order valence-electron chi connectivity index (χ0n) is 14.0. The fourth-order valence-electron chi connectivity index (χ4n) is 2.36. The number of benzene rings is 3. The van der Waals surface area contributed by atoms with Crippen LogP contribution in [0.15, 0.2) is 83.8 Å². The molecule has 0 saturated carbocycles. The summed E-state index contributed by atoms with van der Waals surface area (Å²) in [6, 6.07) is 22.1. The van der Waals surface area contributed by atoms with Crippen LogP contribution < -0.4 is 10.1 Å². The molecular formula is C20H17NO4S. The number of nitrogens with one attached hydrogen (secondary N) is 1. The summed E-state index contributed by atoms with van der Waals surface area (Å²) >= 11 is 0. The minimum atomic E-state index is -3.35. The number of carbonyl (C=O) groups excluding carboxylic acids is 1. The topological polar surface area (TPSA) is 72.5 Å². The Bertz CT molecular complexity index is 1030. The maximum atomic E-state index is 12.6. The van der Waals surface area contributed by atoms with Crippen LogP contribution >= 0.6 is 0 Å². The van der Waals surface area contributed by atoms with E-state index in [-0.39, 0.29) is 10.8 Å². The van der Waals surface area contributed by atoms with E-state index in [0.29, 0.717) is 22.7 Å². The zero-order chi connectivity index (χ0) is 18.6. The third-order valence-corrected chi connectivity index (χ3v) is 4.73. The van der Waals surface area contributed by atoms with Crippen LogP contribution in [0.25, 0.3) is 0 Å². The Morgan fingerprint density at radius 2 is 1.58 bits per heavy atom. The van der Waals surface area contributed by atoms with Crippen molar-refractivity contribution < 1.29 is 17.9 Å². The van der Waals surface area contributed by atoms with Gasteiger partial charge < -0.3 is 10.1 Å². The predicted octanol–water partition coefficient (Wildman–Crippen LogP) is 4.13. The lowest BCUT2D eigenvalue weighted by Crippen LogP contribution is -2.13. The summed E-state index contributed by atoms with van der Waals surface area (Å²) in [6.07, 6.45) is 1.12. The van der Waals surface area contributed by atoms with Crippen molar-refractivity contribution in [3.05, 3.63) is 84.4 Å². The molecule has 5 nitrogen and oxygen atoms in total. The van der Waals surface area contributed by atoms with Crippen LogP contribution in [-0.2, 0) is 9.84 Å². The van der Waals surface area contributed by atoms with Crippen LogP contribution in [0.1, 0.15) is 10.4 Å². The van der Waals surface area contributed by atoms with Gasteiger partial charge in [-0.25, -0.2) is 8.42 Å². The molecule has 0 aliphatic carbocycles. The number of rotatable bonds is 5. The minimum absolute atomic E-state index is 0.143. The Hall–Kier alpha value is -3.12. The van der Waals surface area contributed by atoms with E-state index >= 15 is 0 Å². The monoisotopic (exact) mass is 367 g/mol. The highest BCUT2D eigenvalue weighted by Gasteiger charge is 2.14. The molecule has 132 valence electrons. The van der Waals surface area contributed by atoms with E-state index in [1.807, 2.05) is 18.2 Å². The molecule has 0 spiro atoms. The second-order valence-corrected chi connectivity index (χ2v) is 7.68. The third-order valence-electron chi connectivity index (χ3n) is 3.62. The smallest absolute Gasteiger partial charge is 0.259 e. The van der Waals surface area contributed by atoms with E-state index in [4.69, 9.17) is 4.74 Å². The van der Waals surface area contributed by atoms with Crippen molar-refractivity contribution in [3.63, 3.8) is 0 Å². The second-order valence-electron chi connectivity index (χ2n) is 5.67. The number of hydrogen-bond acceptors (Lipinski definition) is 4. The van der Waals surface area contributed by atoms with E-state index in [2.05, 4.69) is 5.32 Å². The first kappa shape index (κ1) is 17.7. The van der Waals surface area contributed by atoms with Gasteiger partial charge in [-0.2, -0.15) is 0 Å². The first-order valence-electron chi connectivity index (χ1n) is 7.87. The highest BCUT2D eigenvalue weighted by molar-refractivity contribution is 7.90. The largest absolute Gasteiger partial charge is 0.457 e. The first-order chi connectivity index (χ1) is 12.4. The lowest BCUT2D eigenvalue weighted by Gasteiger charge is -2.12.